The molecule has 0 unspecified atom stereocenters. The van der Waals surface area contributed by atoms with Gasteiger partial charge in [-0.15, -0.1) is 0 Å². The number of methoxy groups -OCH3 is 1. The number of fused-ring (bicyclic) bond motifs is 1. The van der Waals surface area contributed by atoms with Crippen molar-refractivity contribution in [3.63, 3.8) is 0 Å². The molecule has 3 aromatic rings. The number of hydrogen-bond donors (Lipinski definition) is 1. The van der Waals surface area contributed by atoms with Gasteiger partial charge in [-0.3, -0.25) is 4.79 Å². The van der Waals surface area contributed by atoms with Gasteiger partial charge in [0.05, 0.1) is 19.8 Å². The van der Waals surface area contributed by atoms with Gasteiger partial charge in [-0.1, -0.05) is 0 Å². The van der Waals surface area contributed by atoms with Crippen molar-refractivity contribution in [3.05, 3.63) is 54.3 Å². The van der Waals surface area contributed by atoms with Gasteiger partial charge in [-0.2, -0.15) is 8.78 Å². The van der Waals surface area contributed by atoms with Gasteiger partial charge in [0.15, 0.2) is 0 Å². The Morgan fingerprint density at radius 1 is 1.16 bits per heavy atom. The maximum Gasteiger partial charge on any atom is 0.387 e. The number of halogens is 2. The Bertz CT molecular complexity index is 874. The summed E-state index contributed by atoms with van der Waals surface area (Å²) in [6.45, 7) is -2.88. The average Bonchev–Trinajstić information content (AvgIpc) is 2.98. The number of alkyl halides is 2. The third-order valence-electron chi connectivity index (χ3n) is 3.58. The second-order valence-corrected chi connectivity index (χ2v) is 5.25. The van der Waals surface area contributed by atoms with E-state index in [9.17, 15) is 13.6 Å². The topological polar surface area (TPSA) is 60.7 Å². The zero-order valence-electron chi connectivity index (χ0n) is 13.3. The fourth-order valence-electron chi connectivity index (χ4n) is 2.42. The largest absolute Gasteiger partial charge is 0.497 e. The van der Waals surface area contributed by atoms with E-state index >= 15 is 0 Å². The summed E-state index contributed by atoms with van der Waals surface area (Å²) in [6, 6.07) is 11.1. The fourth-order valence-corrected chi connectivity index (χ4v) is 2.42. The Balaban J connectivity index is 1.68. The minimum atomic E-state index is -2.88. The van der Waals surface area contributed by atoms with Crippen molar-refractivity contribution in [2.45, 2.75) is 13.0 Å². The van der Waals surface area contributed by atoms with E-state index in [2.05, 4.69) is 10.1 Å². The molecule has 3 rings (SSSR count). The summed E-state index contributed by atoms with van der Waals surface area (Å²) in [7, 11) is 1.56. The number of carbonyl (C=O) groups excluding carboxylic acids is 1. The van der Waals surface area contributed by atoms with Crippen LogP contribution in [0.4, 0.5) is 14.5 Å². The van der Waals surface area contributed by atoms with Gasteiger partial charge in [0.1, 0.15) is 17.1 Å². The Morgan fingerprint density at radius 3 is 2.56 bits per heavy atom. The maximum absolute atomic E-state index is 12.2. The number of anilines is 1. The first-order chi connectivity index (χ1) is 12.0. The van der Waals surface area contributed by atoms with Crippen LogP contribution in [0.15, 0.2) is 53.1 Å². The average molecular weight is 347 g/mol. The van der Waals surface area contributed by atoms with Gasteiger partial charge in [0.25, 0.3) is 0 Å². The van der Waals surface area contributed by atoms with Crippen molar-refractivity contribution in [1.82, 2.24) is 0 Å². The van der Waals surface area contributed by atoms with Crippen LogP contribution in [-0.2, 0) is 11.2 Å². The summed E-state index contributed by atoms with van der Waals surface area (Å²) in [5, 5.41) is 3.50. The predicted octanol–water partition coefficient (Wildman–Crippen LogP) is 4.22. The van der Waals surface area contributed by atoms with Crippen LogP contribution < -0.4 is 14.8 Å². The lowest BCUT2D eigenvalue weighted by atomic mass is 10.1. The lowest BCUT2D eigenvalue weighted by Crippen LogP contribution is -2.14. The van der Waals surface area contributed by atoms with E-state index in [-0.39, 0.29) is 18.1 Å². The quantitative estimate of drug-likeness (QED) is 0.725. The Morgan fingerprint density at radius 2 is 1.88 bits per heavy atom. The van der Waals surface area contributed by atoms with Crippen molar-refractivity contribution < 1.29 is 27.5 Å². The van der Waals surface area contributed by atoms with Gasteiger partial charge in [-0.05, 0) is 42.5 Å². The third-order valence-corrected chi connectivity index (χ3v) is 3.58. The molecule has 0 atom stereocenters. The first kappa shape index (κ1) is 16.8. The van der Waals surface area contributed by atoms with E-state index in [1.165, 1.54) is 30.5 Å². The summed E-state index contributed by atoms with van der Waals surface area (Å²) in [6.07, 6.45) is 1.64. The minimum Gasteiger partial charge on any atom is -0.497 e. The first-order valence-corrected chi connectivity index (χ1v) is 7.44. The molecular weight excluding hydrogens is 332 g/mol. The Labute approximate surface area is 142 Å². The number of benzene rings is 2. The normalized spacial score (nSPS) is 10.9. The van der Waals surface area contributed by atoms with E-state index in [0.29, 0.717) is 17.0 Å². The molecule has 7 heteroatoms. The van der Waals surface area contributed by atoms with Crippen molar-refractivity contribution >= 4 is 22.6 Å². The molecule has 1 amide bonds. The molecule has 1 N–H and O–H groups in total. The molecule has 130 valence electrons. The lowest BCUT2D eigenvalue weighted by Gasteiger charge is -2.07. The van der Waals surface area contributed by atoms with Crippen molar-refractivity contribution in [3.8, 4) is 11.5 Å². The molecule has 2 aromatic carbocycles. The number of amides is 1. The van der Waals surface area contributed by atoms with Gasteiger partial charge in [-0.25, -0.2) is 0 Å². The monoisotopic (exact) mass is 347 g/mol. The highest BCUT2D eigenvalue weighted by atomic mass is 19.3. The van der Waals surface area contributed by atoms with Crippen LogP contribution in [0, 0.1) is 0 Å². The number of furan rings is 1. The highest BCUT2D eigenvalue weighted by Crippen LogP contribution is 2.26. The molecule has 1 heterocycles. The molecule has 0 saturated carbocycles. The summed E-state index contributed by atoms with van der Waals surface area (Å²) >= 11 is 0. The van der Waals surface area contributed by atoms with Crippen LogP contribution in [0.25, 0.3) is 11.0 Å². The molecule has 0 aliphatic heterocycles. The van der Waals surface area contributed by atoms with E-state index < -0.39 is 6.61 Å². The van der Waals surface area contributed by atoms with Crippen molar-refractivity contribution in [2.75, 3.05) is 12.4 Å². The smallest absolute Gasteiger partial charge is 0.387 e. The molecule has 25 heavy (non-hydrogen) atoms. The van der Waals surface area contributed by atoms with Gasteiger partial charge in [0.2, 0.25) is 5.91 Å². The van der Waals surface area contributed by atoms with Crippen LogP contribution >= 0.6 is 0 Å². The summed E-state index contributed by atoms with van der Waals surface area (Å²) in [5.74, 6) is 0.444. The molecule has 0 radical (unpaired) electrons. The lowest BCUT2D eigenvalue weighted by molar-refractivity contribution is -0.115. The molecule has 5 nitrogen and oxygen atoms in total. The first-order valence-electron chi connectivity index (χ1n) is 7.44. The van der Waals surface area contributed by atoms with Crippen LogP contribution in [0.5, 0.6) is 11.5 Å². The molecule has 0 spiro atoms. The van der Waals surface area contributed by atoms with E-state index in [1.54, 1.807) is 25.3 Å². The second kappa shape index (κ2) is 7.21. The van der Waals surface area contributed by atoms with Gasteiger partial charge >= 0.3 is 6.61 Å². The Kier molecular flexibility index (Phi) is 4.83. The fraction of sp³-hybridized carbons (Fsp3) is 0.167. The zero-order valence-corrected chi connectivity index (χ0v) is 13.3. The minimum absolute atomic E-state index is 0.0286. The van der Waals surface area contributed by atoms with Crippen LogP contribution in [-0.4, -0.2) is 19.6 Å². The summed E-state index contributed by atoms with van der Waals surface area (Å²) in [4.78, 5) is 12.2. The predicted molar refractivity (Wildman–Crippen MR) is 88.2 cm³/mol. The summed E-state index contributed by atoms with van der Waals surface area (Å²) < 4.78 is 39.1. The SMILES string of the molecule is COc1ccc2occ(CC(=O)Nc3ccc(OC(F)F)cc3)c2c1. The molecule has 0 aliphatic carbocycles. The van der Waals surface area contributed by atoms with E-state index in [1.807, 2.05) is 0 Å². The molecular formula is C18H15F2NO4. The number of ether oxygens (including phenoxy) is 2. The molecule has 1 aromatic heterocycles. The highest BCUT2D eigenvalue weighted by molar-refractivity contribution is 5.95. The number of carbonyl (C=O) groups is 1. The van der Waals surface area contributed by atoms with Gasteiger partial charge < -0.3 is 19.2 Å². The zero-order chi connectivity index (χ0) is 17.8. The number of rotatable bonds is 6. The van der Waals surface area contributed by atoms with Crippen LogP contribution in [0.2, 0.25) is 0 Å². The van der Waals surface area contributed by atoms with Crippen molar-refractivity contribution in [2.24, 2.45) is 0 Å². The van der Waals surface area contributed by atoms with Gasteiger partial charge in [0, 0.05) is 16.6 Å². The van der Waals surface area contributed by atoms with E-state index in [0.717, 1.165) is 10.9 Å². The maximum atomic E-state index is 12.2. The third kappa shape index (κ3) is 4.06. The van der Waals surface area contributed by atoms with E-state index in [4.69, 9.17) is 9.15 Å². The summed E-state index contributed by atoms with van der Waals surface area (Å²) in [5.41, 5.74) is 1.87. The molecule has 0 aliphatic rings. The Hall–Kier alpha value is -3.09. The highest BCUT2D eigenvalue weighted by Gasteiger charge is 2.12. The number of nitrogens with one attached hydrogen (secondary N) is 1. The number of hydrogen-bond acceptors (Lipinski definition) is 4. The van der Waals surface area contributed by atoms with Crippen molar-refractivity contribution in [1.29, 1.82) is 0 Å². The molecule has 0 fully saturated rings. The molecule has 0 saturated heterocycles. The standard InChI is InChI=1S/C18H15F2NO4/c1-23-14-6-7-16-15(9-14)11(10-24-16)8-17(22)21-12-2-4-13(5-3-12)25-18(19)20/h2-7,9-10,18H,8H2,1H3,(H,21,22). The second-order valence-electron chi connectivity index (χ2n) is 5.25. The van der Waals surface area contributed by atoms with Crippen LogP contribution in [0.1, 0.15) is 5.56 Å². The van der Waals surface area contributed by atoms with Crippen LogP contribution in [0.3, 0.4) is 0 Å². The molecule has 0 bridgehead atoms.